The second-order valence-corrected chi connectivity index (χ2v) is 7.93. The van der Waals surface area contributed by atoms with E-state index in [4.69, 9.17) is 4.52 Å². The van der Waals surface area contributed by atoms with Crippen LogP contribution in [0.1, 0.15) is 36.0 Å². The average molecular weight is 417 g/mol. The van der Waals surface area contributed by atoms with Crippen molar-refractivity contribution in [3.8, 4) is 11.4 Å². The summed E-state index contributed by atoms with van der Waals surface area (Å²) in [5.74, 6) is 2.27. The molecule has 1 fully saturated rings. The number of nitrogens with zero attached hydrogens (tertiary/aromatic N) is 6. The van der Waals surface area contributed by atoms with E-state index in [1.54, 1.807) is 12.5 Å². The van der Waals surface area contributed by atoms with Crippen molar-refractivity contribution in [2.45, 2.75) is 19.8 Å². The first kappa shape index (κ1) is 19.2. The molecule has 0 unspecified atom stereocenters. The number of benzene rings is 1. The molecule has 0 radical (unpaired) electrons. The van der Waals surface area contributed by atoms with Gasteiger partial charge in [-0.05, 0) is 30.3 Å². The molecule has 0 saturated carbocycles. The lowest BCUT2D eigenvalue weighted by Crippen LogP contribution is -2.49. The van der Waals surface area contributed by atoms with Gasteiger partial charge < -0.3 is 19.3 Å². The summed E-state index contributed by atoms with van der Waals surface area (Å²) in [6.45, 7) is 6.77. The van der Waals surface area contributed by atoms with E-state index in [-0.39, 0.29) is 11.8 Å². The topological polar surface area (TPSA) is 104 Å². The fourth-order valence-electron chi connectivity index (χ4n) is 3.68. The molecule has 1 aliphatic rings. The highest BCUT2D eigenvalue weighted by atomic mass is 16.5. The number of carbonyl (C=O) groups is 1. The van der Waals surface area contributed by atoms with Crippen LogP contribution in [-0.2, 0) is 0 Å². The largest absolute Gasteiger partial charge is 0.353 e. The minimum Gasteiger partial charge on any atom is -0.353 e. The van der Waals surface area contributed by atoms with Crippen molar-refractivity contribution < 1.29 is 9.32 Å². The summed E-state index contributed by atoms with van der Waals surface area (Å²) in [7, 11) is 0. The van der Waals surface area contributed by atoms with Crippen LogP contribution in [0.25, 0.3) is 22.4 Å². The SMILES string of the molecule is CC(C)c1nc(-c2ccc(N3CCN(C(=O)c4ccc5nc[nH]c5c4)CC3)nc2)no1. The van der Waals surface area contributed by atoms with E-state index in [0.29, 0.717) is 30.4 Å². The van der Waals surface area contributed by atoms with Crippen LogP contribution in [0.15, 0.2) is 47.4 Å². The van der Waals surface area contributed by atoms with Crippen LogP contribution >= 0.6 is 0 Å². The van der Waals surface area contributed by atoms with Crippen LogP contribution in [0.5, 0.6) is 0 Å². The third-order valence-corrected chi connectivity index (χ3v) is 5.50. The quantitative estimate of drug-likeness (QED) is 0.544. The Labute approximate surface area is 179 Å². The van der Waals surface area contributed by atoms with Crippen LogP contribution in [0.2, 0.25) is 0 Å². The van der Waals surface area contributed by atoms with Gasteiger partial charge >= 0.3 is 0 Å². The van der Waals surface area contributed by atoms with Crippen LogP contribution in [0.3, 0.4) is 0 Å². The Morgan fingerprint density at radius 1 is 1.10 bits per heavy atom. The Morgan fingerprint density at radius 2 is 1.94 bits per heavy atom. The summed E-state index contributed by atoms with van der Waals surface area (Å²) >= 11 is 0. The highest BCUT2D eigenvalue weighted by molar-refractivity contribution is 5.97. The van der Waals surface area contributed by atoms with Gasteiger partial charge in [-0.15, -0.1) is 0 Å². The van der Waals surface area contributed by atoms with Crippen LogP contribution in [0.4, 0.5) is 5.82 Å². The molecule has 1 amide bonds. The first-order valence-electron chi connectivity index (χ1n) is 10.4. The molecule has 31 heavy (non-hydrogen) atoms. The Kier molecular flexibility index (Phi) is 4.85. The van der Waals surface area contributed by atoms with Crippen molar-refractivity contribution in [1.29, 1.82) is 0 Å². The minimum atomic E-state index is 0.0394. The number of aromatic nitrogens is 5. The van der Waals surface area contributed by atoms with Crippen molar-refractivity contribution in [2.75, 3.05) is 31.1 Å². The normalized spacial score (nSPS) is 14.5. The molecule has 1 aliphatic heterocycles. The number of imidazole rings is 1. The summed E-state index contributed by atoms with van der Waals surface area (Å²) in [6, 6.07) is 9.48. The molecule has 0 spiro atoms. The van der Waals surface area contributed by atoms with Gasteiger partial charge in [0, 0.05) is 49.4 Å². The second-order valence-electron chi connectivity index (χ2n) is 7.93. The summed E-state index contributed by atoms with van der Waals surface area (Å²) < 4.78 is 5.27. The molecule has 0 aliphatic carbocycles. The van der Waals surface area contributed by atoms with E-state index < -0.39 is 0 Å². The number of nitrogens with one attached hydrogen (secondary N) is 1. The molecule has 0 bridgehead atoms. The lowest BCUT2D eigenvalue weighted by molar-refractivity contribution is 0.0746. The molecule has 1 aromatic carbocycles. The van der Waals surface area contributed by atoms with E-state index in [9.17, 15) is 4.79 Å². The predicted octanol–water partition coefficient (Wildman–Crippen LogP) is 3.09. The molecule has 1 N–H and O–H groups in total. The van der Waals surface area contributed by atoms with Gasteiger partial charge in [-0.3, -0.25) is 4.79 Å². The van der Waals surface area contributed by atoms with Crippen molar-refractivity contribution >= 4 is 22.8 Å². The van der Waals surface area contributed by atoms with Gasteiger partial charge in [-0.1, -0.05) is 19.0 Å². The van der Waals surface area contributed by atoms with Crippen molar-refractivity contribution in [1.82, 2.24) is 30.0 Å². The Bertz CT molecular complexity index is 1200. The summed E-state index contributed by atoms with van der Waals surface area (Å²) in [5.41, 5.74) is 3.23. The average Bonchev–Trinajstić information content (AvgIpc) is 3.48. The fourth-order valence-corrected chi connectivity index (χ4v) is 3.68. The lowest BCUT2D eigenvalue weighted by atomic mass is 10.1. The smallest absolute Gasteiger partial charge is 0.254 e. The molecule has 4 aromatic rings. The van der Waals surface area contributed by atoms with Gasteiger partial charge in [0.25, 0.3) is 5.91 Å². The number of pyridine rings is 1. The van der Waals surface area contributed by atoms with Crippen LogP contribution in [0, 0.1) is 0 Å². The molecular weight excluding hydrogens is 394 g/mol. The second kappa shape index (κ2) is 7.82. The number of anilines is 1. The molecule has 5 rings (SSSR count). The van der Waals surface area contributed by atoms with E-state index >= 15 is 0 Å². The number of aromatic amines is 1. The number of amides is 1. The van der Waals surface area contributed by atoms with E-state index in [2.05, 4.69) is 30.0 Å². The van der Waals surface area contributed by atoms with Gasteiger partial charge in [-0.2, -0.15) is 4.98 Å². The minimum absolute atomic E-state index is 0.0394. The zero-order valence-electron chi connectivity index (χ0n) is 17.4. The fraction of sp³-hybridized carbons (Fsp3) is 0.318. The molecule has 9 nitrogen and oxygen atoms in total. The van der Waals surface area contributed by atoms with E-state index in [0.717, 1.165) is 35.5 Å². The Balaban J connectivity index is 1.23. The third kappa shape index (κ3) is 3.74. The highest BCUT2D eigenvalue weighted by Crippen LogP contribution is 2.22. The number of piperazine rings is 1. The van der Waals surface area contributed by atoms with Crippen molar-refractivity contribution in [3.63, 3.8) is 0 Å². The summed E-state index contributed by atoms with van der Waals surface area (Å²) in [4.78, 5) is 33.2. The zero-order chi connectivity index (χ0) is 21.4. The number of rotatable bonds is 4. The molecule has 3 aromatic heterocycles. The van der Waals surface area contributed by atoms with Crippen molar-refractivity contribution in [3.05, 3.63) is 54.3 Å². The van der Waals surface area contributed by atoms with Crippen LogP contribution < -0.4 is 4.90 Å². The standard InChI is InChI=1S/C22H23N7O2/c1-14(2)21-26-20(27-31-21)16-4-6-19(23-12-16)28-7-9-29(10-8-28)22(30)15-3-5-17-18(11-15)25-13-24-17/h3-6,11-14H,7-10H2,1-2H3,(H,24,25). The maximum Gasteiger partial charge on any atom is 0.254 e. The van der Waals surface area contributed by atoms with Gasteiger partial charge in [-0.25, -0.2) is 9.97 Å². The number of fused-ring (bicyclic) bond motifs is 1. The number of carbonyl (C=O) groups excluding carboxylic acids is 1. The zero-order valence-corrected chi connectivity index (χ0v) is 17.4. The molecule has 158 valence electrons. The molecule has 1 saturated heterocycles. The van der Waals surface area contributed by atoms with Crippen molar-refractivity contribution in [2.24, 2.45) is 0 Å². The molecule has 9 heteroatoms. The maximum atomic E-state index is 12.9. The Hall–Kier alpha value is -3.75. The number of hydrogen-bond donors (Lipinski definition) is 1. The number of hydrogen-bond acceptors (Lipinski definition) is 7. The van der Waals surface area contributed by atoms with Gasteiger partial charge in [0.2, 0.25) is 11.7 Å². The van der Waals surface area contributed by atoms with Gasteiger partial charge in [0.15, 0.2) is 0 Å². The molecule has 4 heterocycles. The molecule has 0 atom stereocenters. The highest BCUT2D eigenvalue weighted by Gasteiger charge is 2.23. The third-order valence-electron chi connectivity index (χ3n) is 5.50. The summed E-state index contributed by atoms with van der Waals surface area (Å²) in [5, 5.41) is 4.03. The van der Waals surface area contributed by atoms with Gasteiger partial charge in [0.05, 0.1) is 17.4 Å². The van der Waals surface area contributed by atoms with E-state index in [1.165, 1.54) is 0 Å². The molecular formula is C22H23N7O2. The predicted molar refractivity (Wildman–Crippen MR) is 116 cm³/mol. The first-order chi connectivity index (χ1) is 15.1. The lowest BCUT2D eigenvalue weighted by Gasteiger charge is -2.35. The van der Waals surface area contributed by atoms with Gasteiger partial charge in [0.1, 0.15) is 5.82 Å². The van der Waals surface area contributed by atoms with E-state index in [1.807, 2.05) is 49.1 Å². The Morgan fingerprint density at radius 3 is 2.65 bits per heavy atom. The number of H-pyrrole nitrogens is 1. The van der Waals surface area contributed by atoms with Crippen LogP contribution in [-0.4, -0.2) is 62.1 Å². The maximum absolute atomic E-state index is 12.9. The monoisotopic (exact) mass is 417 g/mol. The first-order valence-corrected chi connectivity index (χ1v) is 10.4. The summed E-state index contributed by atoms with van der Waals surface area (Å²) in [6.07, 6.45) is 3.40.